The van der Waals surface area contributed by atoms with Gasteiger partial charge in [0.25, 0.3) is 5.91 Å². The molecule has 2 aromatic rings. The molecule has 0 saturated carbocycles. The fourth-order valence-electron chi connectivity index (χ4n) is 2.68. The van der Waals surface area contributed by atoms with Crippen molar-refractivity contribution in [3.05, 3.63) is 53.6 Å². The number of amides is 1. The van der Waals surface area contributed by atoms with Crippen molar-refractivity contribution in [3.63, 3.8) is 0 Å². The van der Waals surface area contributed by atoms with Gasteiger partial charge in [-0.25, -0.2) is 0 Å². The molecule has 31 heavy (non-hydrogen) atoms. The Balaban J connectivity index is 1.91. The first kappa shape index (κ1) is 24.4. The summed E-state index contributed by atoms with van der Waals surface area (Å²) in [5, 5.41) is 5.94. The van der Waals surface area contributed by atoms with E-state index in [1.165, 1.54) is 0 Å². The summed E-state index contributed by atoms with van der Waals surface area (Å²) >= 11 is 5.28. The molecular weight excluding hydrogens is 416 g/mol. The van der Waals surface area contributed by atoms with Crippen molar-refractivity contribution >= 4 is 23.2 Å². The molecule has 168 valence electrons. The molecule has 0 unspecified atom stereocenters. The maximum absolute atomic E-state index is 12.6. The number of methoxy groups -OCH3 is 2. The smallest absolute Gasteiger partial charge is 0.261 e. The number of para-hydroxylation sites is 1. The summed E-state index contributed by atoms with van der Waals surface area (Å²) in [6.45, 7) is 3.98. The van der Waals surface area contributed by atoms with Crippen LogP contribution in [0.1, 0.15) is 35.7 Å². The number of carbonyl (C=O) groups excluding carboxylic acids is 1. The molecule has 1 amide bonds. The van der Waals surface area contributed by atoms with E-state index in [4.69, 9.17) is 31.2 Å². The largest absolute Gasteiger partial charge is 0.493 e. The number of nitrogens with one attached hydrogen (secondary N) is 2. The predicted octanol–water partition coefficient (Wildman–Crippen LogP) is 3.70. The molecule has 0 aliphatic carbocycles. The standard InChI is InChI=1S/C23H30N2O5S/c1-4-5-12-29-20-11-10-17(15-21(20)28-3)16-24-23(31)25-22(26)18-8-6-7-9-19(18)30-14-13-27-2/h6-11,15H,4-5,12-14,16H2,1-3H3,(H2,24,25,26,31). The van der Waals surface area contributed by atoms with Gasteiger partial charge in [0.05, 0.1) is 25.9 Å². The molecule has 7 nitrogen and oxygen atoms in total. The van der Waals surface area contributed by atoms with E-state index >= 15 is 0 Å². The minimum Gasteiger partial charge on any atom is -0.493 e. The average Bonchev–Trinajstić information content (AvgIpc) is 2.78. The molecule has 0 bridgehead atoms. The lowest BCUT2D eigenvalue weighted by atomic mass is 10.2. The summed E-state index contributed by atoms with van der Waals surface area (Å²) in [6, 6.07) is 12.7. The molecule has 0 atom stereocenters. The zero-order valence-electron chi connectivity index (χ0n) is 18.2. The van der Waals surface area contributed by atoms with Crippen molar-refractivity contribution in [2.75, 3.05) is 34.0 Å². The van der Waals surface area contributed by atoms with Crippen LogP contribution in [0.5, 0.6) is 17.2 Å². The fraction of sp³-hybridized carbons (Fsp3) is 0.391. The second-order valence-electron chi connectivity index (χ2n) is 6.66. The minimum atomic E-state index is -0.345. The van der Waals surface area contributed by atoms with E-state index in [1.807, 2.05) is 18.2 Å². The molecule has 2 N–H and O–H groups in total. The molecule has 0 aliphatic rings. The van der Waals surface area contributed by atoms with Crippen LogP contribution in [0.3, 0.4) is 0 Å². The van der Waals surface area contributed by atoms with Crippen LogP contribution in [-0.2, 0) is 11.3 Å². The van der Waals surface area contributed by atoms with Crippen LogP contribution in [0.2, 0.25) is 0 Å². The Hall–Kier alpha value is -2.84. The molecule has 2 rings (SSSR count). The zero-order chi connectivity index (χ0) is 22.5. The van der Waals surface area contributed by atoms with Crippen LogP contribution in [-0.4, -0.2) is 45.1 Å². The van der Waals surface area contributed by atoms with Crippen molar-refractivity contribution in [3.8, 4) is 17.2 Å². The number of thiocarbonyl (C=S) groups is 1. The number of carbonyl (C=O) groups is 1. The SMILES string of the molecule is CCCCOc1ccc(CNC(=S)NC(=O)c2ccccc2OCCOC)cc1OC. The molecule has 2 aromatic carbocycles. The number of unbranched alkanes of at least 4 members (excludes halogenated alkanes) is 1. The maximum Gasteiger partial charge on any atom is 0.261 e. The molecule has 0 aromatic heterocycles. The van der Waals surface area contributed by atoms with Gasteiger partial charge in [-0.2, -0.15) is 0 Å². The molecular formula is C23H30N2O5S. The number of rotatable bonds is 12. The van der Waals surface area contributed by atoms with E-state index < -0.39 is 0 Å². The Morgan fingerprint density at radius 1 is 0.968 bits per heavy atom. The van der Waals surface area contributed by atoms with Crippen molar-refractivity contribution in [1.29, 1.82) is 0 Å². The molecule has 0 saturated heterocycles. The second kappa shape index (κ2) is 13.5. The Morgan fingerprint density at radius 2 is 1.74 bits per heavy atom. The van der Waals surface area contributed by atoms with Gasteiger partial charge in [0.1, 0.15) is 12.4 Å². The molecule has 0 aliphatic heterocycles. The summed E-state index contributed by atoms with van der Waals surface area (Å²) in [5.41, 5.74) is 1.34. The summed E-state index contributed by atoms with van der Waals surface area (Å²) in [4.78, 5) is 12.6. The first-order valence-corrected chi connectivity index (χ1v) is 10.6. The van der Waals surface area contributed by atoms with Crippen LogP contribution in [0, 0.1) is 0 Å². The first-order valence-electron chi connectivity index (χ1n) is 10.2. The second-order valence-corrected chi connectivity index (χ2v) is 7.07. The van der Waals surface area contributed by atoms with Gasteiger partial charge < -0.3 is 24.3 Å². The number of ether oxygens (including phenoxy) is 4. The molecule has 0 radical (unpaired) electrons. The lowest BCUT2D eigenvalue weighted by Gasteiger charge is -2.14. The van der Waals surface area contributed by atoms with Gasteiger partial charge >= 0.3 is 0 Å². The lowest BCUT2D eigenvalue weighted by molar-refractivity contribution is 0.0968. The van der Waals surface area contributed by atoms with Crippen molar-refractivity contribution in [2.45, 2.75) is 26.3 Å². The number of hydrogen-bond donors (Lipinski definition) is 2. The van der Waals surface area contributed by atoms with Crippen LogP contribution in [0.25, 0.3) is 0 Å². The maximum atomic E-state index is 12.6. The van der Waals surface area contributed by atoms with Gasteiger partial charge in [-0.1, -0.05) is 31.5 Å². The van der Waals surface area contributed by atoms with Crippen molar-refractivity contribution in [1.82, 2.24) is 10.6 Å². The van der Waals surface area contributed by atoms with E-state index in [2.05, 4.69) is 17.6 Å². The quantitative estimate of drug-likeness (QED) is 0.380. The first-order chi connectivity index (χ1) is 15.1. The normalized spacial score (nSPS) is 10.3. The number of benzene rings is 2. The molecule has 8 heteroatoms. The highest BCUT2D eigenvalue weighted by atomic mass is 32.1. The molecule has 0 heterocycles. The van der Waals surface area contributed by atoms with Crippen LogP contribution in [0.15, 0.2) is 42.5 Å². The summed E-state index contributed by atoms with van der Waals surface area (Å²) in [5.74, 6) is 1.50. The Kier molecular flexibility index (Phi) is 10.6. The van der Waals surface area contributed by atoms with Gasteiger partial charge in [-0.05, 0) is 48.5 Å². The van der Waals surface area contributed by atoms with Crippen LogP contribution < -0.4 is 24.8 Å². The minimum absolute atomic E-state index is 0.221. The highest BCUT2D eigenvalue weighted by Gasteiger charge is 2.14. The monoisotopic (exact) mass is 446 g/mol. The fourth-order valence-corrected chi connectivity index (χ4v) is 2.84. The van der Waals surface area contributed by atoms with Gasteiger partial charge in [0, 0.05) is 13.7 Å². The van der Waals surface area contributed by atoms with E-state index in [9.17, 15) is 4.79 Å². The van der Waals surface area contributed by atoms with Crippen LogP contribution >= 0.6 is 12.2 Å². The zero-order valence-corrected chi connectivity index (χ0v) is 19.1. The van der Waals surface area contributed by atoms with E-state index in [-0.39, 0.29) is 11.0 Å². The lowest BCUT2D eigenvalue weighted by Crippen LogP contribution is -2.39. The highest BCUT2D eigenvalue weighted by molar-refractivity contribution is 7.80. The third-order valence-electron chi connectivity index (χ3n) is 4.34. The summed E-state index contributed by atoms with van der Waals surface area (Å²) in [6.07, 6.45) is 2.05. The summed E-state index contributed by atoms with van der Waals surface area (Å²) in [7, 11) is 3.20. The van der Waals surface area contributed by atoms with Gasteiger partial charge in [0.2, 0.25) is 0 Å². The van der Waals surface area contributed by atoms with Crippen molar-refractivity contribution in [2.24, 2.45) is 0 Å². The van der Waals surface area contributed by atoms with E-state index in [0.29, 0.717) is 49.2 Å². The highest BCUT2D eigenvalue weighted by Crippen LogP contribution is 2.28. The topological polar surface area (TPSA) is 78.1 Å². The van der Waals surface area contributed by atoms with Crippen molar-refractivity contribution < 1.29 is 23.7 Å². The van der Waals surface area contributed by atoms with Crippen LogP contribution in [0.4, 0.5) is 0 Å². The third kappa shape index (κ3) is 8.07. The summed E-state index contributed by atoms with van der Waals surface area (Å²) < 4.78 is 21.8. The van der Waals surface area contributed by atoms with Gasteiger partial charge in [-0.15, -0.1) is 0 Å². The molecule has 0 spiro atoms. The van der Waals surface area contributed by atoms with E-state index in [1.54, 1.807) is 38.5 Å². The average molecular weight is 447 g/mol. The predicted molar refractivity (Wildman–Crippen MR) is 124 cm³/mol. The molecule has 0 fully saturated rings. The van der Waals surface area contributed by atoms with E-state index in [0.717, 1.165) is 18.4 Å². The van der Waals surface area contributed by atoms with Gasteiger partial charge in [-0.3, -0.25) is 10.1 Å². The third-order valence-corrected chi connectivity index (χ3v) is 4.59. The Bertz CT molecular complexity index is 860. The Labute approximate surface area is 189 Å². The number of hydrogen-bond acceptors (Lipinski definition) is 6. The van der Waals surface area contributed by atoms with Gasteiger partial charge in [0.15, 0.2) is 16.6 Å². The Morgan fingerprint density at radius 3 is 2.48 bits per heavy atom.